The van der Waals surface area contributed by atoms with Crippen molar-refractivity contribution in [1.29, 1.82) is 0 Å². The first-order valence-electron chi connectivity index (χ1n) is 10.1. The zero-order valence-corrected chi connectivity index (χ0v) is 16.1. The fourth-order valence-corrected chi connectivity index (χ4v) is 4.35. The van der Waals surface area contributed by atoms with Crippen molar-refractivity contribution in [2.45, 2.75) is 31.7 Å². The minimum absolute atomic E-state index is 0.0947. The number of carbonyl (C=O) groups is 1. The maximum atomic E-state index is 12.7. The number of piperidine rings is 1. The summed E-state index contributed by atoms with van der Waals surface area (Å²) in [7, 11) is 0. The average Bonchev–Trinajstić information content (AvgIpc) is 3.32. The average molecular weight is 389 g/mol. The van der Waals surface area contributed by atoms with Crippen LogP contribution in [0.25, 0.3) is 22.0 Å². The molecule has 0 atom stereocenters. The fraction of sp³-hybridized carbons (Fsp3) is 0.304. The Hall–Kier alpha value is -3.28. The molecule has 5 rings (SSSR count). The topological polar surface area (TPSA) is 71.2 Å². The number of hydrogen-bond acceptors (Lipinski definition) is 3. The van der Waals surface area contributed by atoms with E-state index in [2.05, 4.69) is 29.2 Å². The Morgan fingerprint density at radius 2 is 1.83 bits per heavy atom. The number of fused-ring (bicyclic) bond motifs is 2. The van der Waals surface area contributed by atoms with Crippen LogP contribution < -0.4 is 5.76 Å². The van der Waals surface area contributed by atoms with Gasteiger partial charge in [-0.3, -0.25) is 9.36 Å². The fourth-order valence-electron chi connectivity index (χ4n) is 4.35. The van der Waals surface area contributed by atoms with Crippen LogP contribution in [-0.2, 0) is 11.3 Å². The third-order valence-electron chi connectivity index (χ3n) is 5.96. The molecule has 1 N–H and O–H groups in total. The molecule has 1 aliphatic heterocycles. The molecule has 4 aromatic rings. The van der Waals surface area contributed by atoms with Gasteiger partial charge in [0.05, 0.1) is 5.52 Å². The summed E-state index contributed by atoms with van der Waals surface area (Å²) in [5, 5.41) is 1.23. The van der Waals surface area contributed by atoms with Gasteiger partial charge >= 0.3 is 5.76 Å². The van der Waals surface area contributed by atoms with Gasteiger partial charge in [0.15, 0.2) is 5.58 Å². The lowest BCUT2D eigenvalue weighted by molar-refractivity contribution is -0.132. The van der Waals surface area contributed by atoms with Crippen LogP contribution in [0.15, 0.2) is 63.8 Å². The summed E-state index contributed by atoms with van der Waals surface area (Å²) < 4.78 is 6.79. The molecule has 0 radical (unpaired) electrons. The molecule has 2 aromatic heterocycles. The SMILES string of the molecule is O=C(CCn1c(=O)oc2ccccc21)N1CCC(c2cc3ccccc3[nH]2)CC1. The second-order valence-electron chi connectivity index (χ2n) is 7.70. The lowest BCUT2D eigenvalue weighted by atomic mass is 9.93. The molecule has 6 nitrogen and oxygen atoms in total. The summed E-state index contributed by atoms with van der Waals surface area (Å²) in [4.78, 5) is 30.2. The highest BCUT2D eigenvalue weighted by Gasteiger charge is 2.25. The highest BCUT2D eigenvalue weighted by Crippen LogP contribution is 2.30. The molecule has 0 saturated carbocycles. The van der Waals surface area contributed by atoms with Crippen molar-refractivity contribution in [3.8, 4) is 0 Å². The van der Waals surface area contributed by atoms with Crippen molar-refractivity contribution in [2.24, 2.45) is 0 Å². The number of para-hydroxylation sites is 3. The van der Waals surface area contributed by atoms with E-state index in [1.54, 1.807) is 10.6 Å². The van der Waals surface area contributed by atoms with Gasteiger partial charge in [0.25, 0.3) is 0 Å². The van der Waals surface area contributed by atoms with Crippen LogP contribution in [0, 0.1) is 0 Å². The van der Waals surface area contributed by atoms with Crippen LogP contribution in [0.3, 0.4) is 0 Å². The van der Waals surface area contributed by atoms with Gasteiger partial charge in [0, 0.05) is 43.2 Å². The van der Waals surface area contributed by atoms with Gasteiger partial charge in [-0.25, -0.2) is 4.79 Å². The summed E-state index contributed by atoms with van der Waals surface area (Å²) in [5.74, 6) is 0.140. The quantitative estimate of drug-likeness (QED) is 0.576. The molecule has 1 aliphatic rings. The van der Waals surface area contributed by atoms with Crippen molar-refractivity contribution in [3.63, 3.8) is 0 Å². The van der Waals surface area contributed by atoms with Gasteiger partial charge in [-0.15, -0.1) is 0 Å². The Kier molecular flexibility index (Phi) is 4.46. The molecule has 0 bridgehead atoms. The van der Waals surface area contributed by atoms with Crippen molar-refractivity contribution in [1.82, 2.24) is 14.5 Å². The predicted molar refractivity (Wildman–Crippen MR) is 112 cm³/mol. The Morgan fingerprint density at radius 1 is 1.07 bits per heavy atom. The number of aryl methyl sites for hydroxylation is 1. The first-order chi connectivity index (χ1) is 14.2. The molecule has 3 heterocycles. The molecule has 0 aliphatic carbocycles. The molecule has 1 fully saturated rings. The molecule has 29 heavy (non-hydrogen) atoms. The van der Waals surface area contributed by atoms with E-state index in [1.807, 2.05) is 29.2 Å². The van der Waals surface area contributed by atoms with Gasteiger partial charge < -0.3 is 14.3 Å². The highest BCUT2D eigenvalue weighted by molar-refractivity contribution is 5.80. The largest absolute Gasteiger partial charge is 0.419 e. The van der Waals surface area contributed by atoms with Gasteiger partial charge in [0.2, 0.25) is 5.91 Å². The van der Waals surface area contributed by atoms with E-state index < -0.39 is 5.76 Å². The van der Waals surface area contributed by atoms with E-state index in [9.17, 15) is 9.59 Å². The standard InChI is InChI=1S/C23H23N3O3/c27-22(11-14-26-20-7-3-4-8-21(20)29-23(26)28)25-12-9-16(10-13-25)19-15-17-5-1-2-6-18(17)24-19/h1-8,15-16,24H,9-14H2. The molecule has 0 unspecified atom stereocenters. The Morgan fingerprint density at radius 3 is 2.66 bits per heavy atom. The molecule has 2 aromatic carbocycles. The van der Waals surface area contributed by atoms with Gasteiger partial charge in [-0.1, -0.05) is 30.3 Å². The van der Waals surface area contributed by atoms with Crippen LogP contribution in [0.4, 0.5) is 0 Å². The molecule has 1 amide bonds. The van der Waals surface area contributed by atoms with E-state index >= 15 is 0 Å². The van der Waals surface area contributed by atoms with E-state index in [0.717, 1.165) is 31.4 Å². The van der Waals surface area contributed by atoms with Crippen molar-refractivity contribution in [3.05, 3.63) is 70.8 Å². The monoisotopic (exact) mass is 389 g/mol. The summed E-state index contributed by atoms with van der Waals surface area (Å²) in [6.45, 7) is 1.84. The predicted octanol–water partition coefficient (Wildman–Crippen LogP) is 3.87. The smallest absolute Gasteiger partial charge is 0.408 e. The molecule has 1 saturated heterocycles. The molecule has 148 valence electrons. The number of nitrogens with zero attached hydrogens (tertiary/aromatic N) is 2. The van der Waals surface area contributed by atoms with E-state index in [0.29, 0.717) is 24.5 Å². The van der Waals surface area contributed by atoms with Crippen LogP contribution in [0.1, 0.15) is 30.9 Å². The number of aromatic nitrogens is 2. The van der Waals surface area contributed by atoms with E-state index in [1.165, 1.54) is 16.6 Å². The van der Waals surface area contributed by atoms with Crippen LogP contribution >= 0.6 is 0 Å². The zero-order chi connectivity index (χ0) is 19.8. The highest BCUT2D eigenvalue weighted by atomic mass is 16.4. The third kappa shape index (κ3) is 3.35. The van der Waals surface area contributed by atoms with Crippen LogP contribution in [0.2, 0.25) is 0 Å². The number of rotatable bonds is 4. The molecular weight excluding hydrogens is 366 g/mol. The lowest BCUT2D eigenvalue weighted by Gasteiger charge is -2.31. The van der Waals surface area contributed by atoms with Gasteiger partial charge in [-0.05, 0) is 42.5 Å². The van der Waals surface area contributed by atoms with E-state index in [-0.39, 0.29) is 5.91 Å². The number of nitrogens with one attached hydrogen (secondary N) is 1. The number of aromatic amines is 1. The first kappa shape index (κ1) is 17.8. The van der Waals surface area contributed by atoms with Gasteiger partial charge in [0.1, 0.15) is 0 Å². The number of likely N-dealkylation sites (tertiary alicyclic amines) is 1. The van der Waals surface area contributed by atoms with Crippen molar-refractivity contribution in [2.75, 3.05) is 13.1 Å². The van der Waals surface area contributed by atoms with Crippen LogP contribution in [-0.4, -0.2) is 33.4 Å². The van der Waals surface area contributed by atoms with Crippen molar-refractivity contribution < 1.29 is 9.21 Å². The Balaban J connectivity index is 1.21. The zero-order valence-electron chi connectivity index (χ0n) is 16.1. The molecular formula is C23H23N3O3. The normalized spacial score (nSPS) is 15.4. The molecule has 0 spiro atoms. The lowest BCUT2D eigenvalue weighted by Crippen LogP contribution is -2.38. The number of oxazole rings is 1. The number of carbonyl (C=O) groups excluding carboxylic acids is 1. The molecule has 6 heteroatoms. The Labute approximate surface area is 167 Å². The summed E-state index contributed by atoms with van der Waals surface area (Å²) in [6.07, 6.45) is 2.21. The van der Waals surface area contributed by atoms with Crippen molar-refractivity contribution >= 4 is 27.9 Å². The second kappa shape index (κ2) is 7.28. The summed E-state index contributed by atoms with van der Waals surface area (Å²) in [6, 6.07) is 17.8. The third-order valence-corrected chi connectivity index (χ3v) is 5.96. The summed E-state index contributed by atoms with van der Waals surface area (Å²) >= 11 is 0. The number of hydrogen-bond donors (Lipinski definition) is 1. The van der Waals surface area contributed by atoms with E-state index in [4.69, 9.17) is 4.42 Å². The minimum atomic E-state index is -0.406. The number of H-pyrrole nitrogens is 1. The Bertz CT molecular complexity index is 1190. The van der Waals surface area contributed by atoms with Crippen LogP contribution in [0.5, 0.6) is 0 Å². The summed E-state index contributed by atoms with van der Waals surface area (Å²) in [5.41, 5.74) is 3.72. The number of amides is 1. The first-order valence-corrected chi connectivity index (χ1v) is 10.1. The number of benzene rings is 2. The minimum Gasteiger partial charge on any atom is -0.408 e. The maximum absolute atomic E-state index is 12.7. The maximum Gasteiger partial charge on any atom is 0.419 e. The second-order valence-corrected chi connectivity index (χ2v) is 7.70. The van der Waals surface area contributed by atoms with Gasteiger partial charge in [-0.2, -0.15) is 0 Å².